The molecule has 0 aliphatic rings. The van der Waals surface area contributed by atoms with Gasteiger partial charge in [0.2, 0.25) is 0 Å². The summed E-state index contributed by atoms with van der Waals surface area (Å²) in [6.07, 6.45) is 1.79. The molecule has 1 unspecified atom stereocenters. The summed E-state index contributed by atoms with van der Waals surface area (Å²) in [6.45, 7) is 0. The molecule has 2 nitrogen and oxygen atoms in total. The van der Waals surface area contributed by atoms with Gasteiger partial charge in [-0.2, -0.15) is 0 Å². The van der Waals surface area contributed by atoms with E-state index in [9.17, 15) is 0 Å². The second-order valence-electron chi connectivity index (χ2n) is 4.60. The summed E-state index contributed by atoms with van der Waals surface area (Å²) in [4.78, 5) is 4.32. The number of hydrogen-bond donors (Lipinski definition) is 1. The van der Waals surface area contributed by atoms with Gasteiger partial charge in [0.25, 0.3) is 0 Å². The minimum absolute atomic E-state index is 0.190. The zero-order valence-corrected chi connectivity index (χ0v) is 13.5. The van der Waals surface area contributed by atoms with E-state index in [0.717, 1.165) is 25.6 Å². The van der Waals surface area contributed by atoms with Gasteiger partial charge in [-0.25, -0.2) is 0 Å². The summed E-state index contributed by atoms with van der Waals surface area (Å²) in [6, 6.07) is 15.7. The fourth-order valence-electron chi connectivity index (χ4n) is 2.22. The van der Waals surface area contributed by atoms with Gasteiger partial charge in [-0.05, 0) is 70.1 Å². The van der Waals surface area contributed by atoms with Crippen LogP contribution in [0.3, 0.4) is 0 Å². The molecule has 0 bridgehead atoms. The van der Waals surface area contributed by atoms with Crippen molar-refractivity contribution in [3.63, 3.8) is 0 Å². The number of rotatable bonds is 2. The van der Waals surface area contributed by atoms with Crippen molar-refractivity contribution >= 4 is 45.1 Å². The maximum Gasteiger partial charge on any atom is 0.0702 e. The summed E-state index contributed by atoms with van der Waals surface area (Å²) in [5.41, 5.74) is 9.47. The summed E-state index contributed by atoms with van der Waals surface area (Å²) >= 11 is 8.36. The van der Waals surface area contributed by atoms with Crippen LogP contribution in [0, 0.1) is 3.57 Å². The standard InChI is InChI=1S/C16H12ClIN2/c17-12-4-5-14(18)13(9-12)16(19)11-3-6-15-10(8-11)2-1-7-20-15/h1-9,16H,19H2. The molecule has 0 aliphatic heterocycles. The molecule has 1 atom stereocenters. The van der Waals surface area contributed by atoms with Crippen LogP contribution in [0.1, 0.15) is 17.2 Å². The molecule has 3 aromatic rings. The number of halogens is 2. The largest absolute Gasteiger partial charge is 0.320 e. The van der Waals surface area contributed by atoms with Crippen LogP contribution in [0.2, 0.25) is 5.02 Å². The molecule has 0 amide bonds. The molecule has 4 heteroatoms. The second-order valence-corrected chi connectivity index (χ2v) is 6.20. The minimum atomic E-state index is -0.190. The van der Waals surface area contributed by atoms with Gasteiger partial charge in [-0.1, -0.05) is 23.7 Å². The van der Waals surface area contributed by atoms with Gasteiger partial charge >= 0.3 is 0 Å². The lowest BCUT2D eigenvalue weighted by Crippen LogP contribution is -2.13. The Morgan fingerprint density at radius 2 is 1.95 bits per heavy atom. The molecule has 2 N–H and O–H groups in total. The van der Waals surface area contributed by atoms with E-state index in [4.69, 9.17) is 17.3 Å². The molecular formula is C16H12ClIN2. The van der Waals surface area contributed by atoms with Crippen molar-refractivity contribution in [2.45, 2.75) is 6.04 Å². The number of nitrogens with zero attached hydrogens (tertiary/aromatic N) is 1. The van der Waals surface area contributed by atoms with E-state index in [0.29, 0.717) is 5.02 Å². The normalized spacial score (nSPS) is 12.6. The van der Waals surface area contributed by atoms with Crippen LogP contribution < -0.4 is 5.73 Å². The quantitative estimate of drug-likeness (QED) is 0.648. The van der Waals surface area contributed by atoms with E-state index in [-0.39, 0.29) is 6.04 Å². The van der Waals surface area contributed by atoms with Crippen LogP contribution in [-0.4, -0.2) is 4.98 Å². The average Bonchev–Trinajstić information content (AvgIpc) is 2.48. The van der Waals surface area contributed by atoms with Crippen molar-refractivity contribution in [2.75, 3.05) is 0 Å². The molecule has 2 aromatic carbocycles. The number of nitrogens with two attached hydrogens (primary N) is 1. The third-order valence-electron chi connectivity index (χ3n) is 3.28. The lowest BCUT2D eigenvalue weighted by Gasteiger charge is -2.15. The first-order valence-electron chi connectivity index (χ1n) is 6.20. The van der Waals surface area contributed by atoms with E-state index < -0.39 is 0 Å². The summed E-state index contributed by atoms with van der Waals surface area (Å²) in [5, 5.41) is 1.80. The monoisotopic (exact) mass is 394 g/mol. The van der Waals surface area contributed by atoms with E-state index >= 15 is 0 Å². The predicted molar refractivity (Wildman–Crippen MR) is 91.9 cm³/mol. The Hall–Kier alpha value is -1.17. The molecule has 0 saturated heterocycles. The van der Waals surface area contributed by atoms with Crippen LogP contribution in [0.15, 0.2) is 54.7 Å². The smallest absolute Gasteiger partial charge is 0.0702 e. The van der Waals surface area contributed by atoms with Gasteiger partial charge in [0, 0.05) is 20.2 Å². The van der Waals surface area contributed by atoms with Crippen molar-refractivity contribution in [1.82, 2.24) is 4.98 Å². The van der Waals surface area contributed by atoms with Crippen molar-refractivity contribution in [3.8, 4) is 0 Å². The van der Waals surface area contributed by atoms with Gasteiger partial charge in [0.15, 0.2) is 0 Å². The Kier molecular flexibility index (Phi) is 3.92. The molecule has 0 radical (unpaired) electrons. The Balaban J connectivity index is 2.07. The first kappa shape index (κ1) is 13.8. The van der Waals surface area contributed by atoms with Crippen molar-refractivity contribution < 1.29 is 0 Å². The first-order chi connectivity index (χ1) is 9.65. The van der Waals surface area contributed by atoms with Crippen LogP contribution in [0.5, 0.6) is 0 Å². The third kappa shape index (κ3) is 2.66. The molecule has 0 aliphatic carbocycles. The molecule has 100 valence electrons. The molecular weight excluding hydrogens is 383 g/mol. The lowest BCUT2D eigenvalue weighted by molar-refractivity contribution is 0.867. The Morgan fingerprint density at radius 3 is 2.80 bits per heavy atom. The van der Waals surface area contributed by atoms with Gasteiger partial charge in [-0.3, -0.25) is 4.98 Å². The molecule has 0 spiro atoms. The molecule has 1 aromatic heterocycles. The number of benzene rings is 2. The van der Waals surface area contributed by atoms with Crippen molar-refractivity contribution in [3.05, 3.63) is 74.4 Å². The first-order valence-corrected chi connectivity index (χ1v) is 7.66. The van der Waals surface area contributed by atoms with Gasteiger partial charge < -0.3 is 5.73 Å². The number of pyridine rings is 1. The molecule has 0 fully saturated rings. The van der Waals surface area contributed by atoms with E-state index in [1.807, 2.05) is 42.5 Å². The Labute approximate surface area is 136 Å². The van der Waals surface area contributed by atoms with Crippen LogP contribution in [0.4, 0.5) is 0 Å². The van der Waals surface area contributed by atoms with E-state index in [1.165, 1.54) is 0 Å². The highest BCUT2D eigenvalue weighted by atomic mass is 127. The maximum atomic E-state index is 6.39. The zero-order valence-electron chi connectivity index (χ0n) is 10.6. The Bertz CT molecular complexity index is 773. The van der Waals surface area contributed by atoms with Gasteiger partial charge in [0.1, 0.15) is 0 Å². The van der Waals surface area contributed by atoms with Gasteiger partial charge in [-0.15, -0.1) is 0 Å². The predicted octanol–water partition coefficient (Wildman–Crippen LogP) is 4.54. The Morgan fingerprint density at radius 1 is 1.10 bits per heavy atom. The highest BCUT2D eigenvalue weighted by Gasteiger charge is 2.13. The van der Waals surface area contributed by atoms with Gasteiger partial charge in [0.05, 0.1) is 11.6 Å². The van der Waals surface area contributed by atoms with E-state index in [1.54, 1.807) is 6.20 Å². The highest BCUT2D eigenvalue weighted by Crippen LogP contribution is 2.28. The molecule has 0 saturated carbocycles. The molecule has 20 heavy (non-hydrogen) atoms. The maximum absolute atomic E-state index is 6.39. The fraction of sp³-hybridized carbons (Fsp3) is 0.0625. The summed E-state index contributed by atoms with van der Waals surface area (Å²) in [7, 11) is 0. The van der Waals surface area contributed by atoms with Crippen LogP contribution in [0.25, 0.3) is 10.9 Å². The fourth-order valence-corrected chi connectivity index (χ4v) is 3.07. The van der Waals surface area contributed by atoms with Crippen molar-refractivity contribution in [2.24, 2.45) is 5.73 Å². The summed E-state index contributed by atoms with van der Waals surface area (Å²) < 4.78 is 1.12. The highest BCUT2D eigenvalue weighted by molar-refractivity contribution is 14.1. The number of fused-ring (bicyclic) bond motifs is 1. The zero-order chi connectivity index (χ0) is 14.1. The molecule has 1 heterocycles. The van der Waals surface area contributed by atoms with Crippen molar-refractivity contribution in [1.29, 1.82) is 0 Å². The SMILES string of the molecule is NC(c1ccc2ncccc2c1)c1cc(Cl)ccc1I. The van der Waals surface area contributed by atoms with E-state index in [2.05, 4.69) is 33.6 Å². The average molecular weight is 395 g/mol. The molecule has 3 rings (SSSR count). The summed E-state index contributed by atoms with van der Waals surface area (Å²) in [5.74, 6) is 0. The third-order valence-corrected chi connectivity index (χ3v) is 4.50. The number of hydrogen-bond acceptors (Lipinski definition) is 2. The topological polar surface area (TPSA) is 38.9 Å². The van der Waals surface area contributed by atoms with Crippen LogP contribution in [-0.2, 0) is 0 Å². The minimum Gasteiger partial charge on any atom is -0.320 e. The lowest BCUT2D eigenvalue weighted by atomic mass is 9.98. The number of aromatic nitrogens is 1. The van der Waals surface area contributed by atoms with Crippen LogP contribution >= 0.6 is 34.2 Å². The second kappa shape index (κ2) is 5.68.